The van der Waals surface area contributed by atoms with Crippen LogP contribution < -0.4 is 28.4 Å². The van der Waals surface area contributed by atoms with Crippen LogP contribution in [0.1, 0.15) is 0 Å². The van der Waals surface area contributed by atoms with Gasteiger partial charge in [0, 0.05) is 0 Å². The van der Waals surface area contributed by atoms with E-state index in [-0.39, 0.29) is 5.96 Å². The van der Waals surface area contributed by atoms with E-state index in [2.05, 4.69) is 0 Å². The van der Waals surface area contributed by atoms with Crippen molar-refractivity contribution in [3.63, 3.8) is 0 Å². The van der Waals surface area contributed by atoms with Gasteiger partial charge in [0.1, 0.15) is 0 Å². The number of hydrogen-bond acceptors (Lipinski definition) is 3. The minimum Gasteiger partial charge on any atom is -0.373 e. The Labute approximate surface area is 56.6 Å². The fraction of sp³-hybridized carbons (Fsp3) is 0. The second-order valence-corrected chi connectivity index (χ2v) is 1.03. The molecule has 0 fully saturated rings. The number of nitrogens with one attached hydrogen (secondary N) is 1. The highest BCUT2D eigenvalue weighted by Gasteiger charge is 1.99. The second-order valence-electron chi connectivity index (χ2n) is 1.03. The summed E-state index contributed by atoms with van der Waals surface area (Å²) in [7, 11) is 0. The van der Waals surface area contributed by atoms with Crippen LogP contribution in [0.15, 0.2) is 0 Å². The lowest BCUT2D eigenvalue weighted by atomic mass is 11.0. The molecule has 58 valence electrons. The normalized spacial score (nSPS) is 8.80. The van der Waals surface area contributed by atoms with E-state index in [1.54, 1.807) is 0 Å². The molecule has 0 aromatic carbocycles. The summed E-state index contributed by atoms with van der Waals surface area (Å²) in [6.07, 6.45) is 0. The summed E-state index contributed by atoms with van der Waals surface area (Å²) in [5.41, 5.74) is 18.5. The fourth-order valence-electron chi connectivity index (χ4n) is 0.0745. The quantitative estimate of drug-likeness (QED) is 0.0446. The van der Waals surface area contributed by atoms with Gasteiger partial charge in [-0.3, -0.25) is 16.5 Å². The van der Waals surface area contributed by atoms with Gasteiger partial charge in [0.05, 0.1) is 0 Å². The maximum atomic E-state index is 6.75. The van der Waals surface area contributed by atoms with Crippen molar-refractivity contribution in [3.05, 3.63) is 16.0 Å². The number of nitrogens with zero attached hydrogens (tertiary/aromatic N) is 4. The van der Waals surface area contributed by atoms with Crippen molar-refractivity contribution in [2.24, 2.45) is 23.3 Å². The van der Waals surface area contributed by atoms with Crippen LogP contribution in [0.4, 0.5) is 0 Å². The Balaban J connectivity index is 0. The minimum atomic E-state index is 0.0139. The first-order valence-electron chi connectivity index (χ1n) is 1.97. The first kappa shape index (κ1) is 11.1. The SMILES string of the molecule is N[NH+]=C(N)N(N)N.[N-]=[N+]=[N-]. The molecular formula is CH9N9. The lowest BCUT2D eigenvalue weighted by Crippen LogP contribution is -2.86. The number of nitrogens with two attached hydrogens (primary N) is 4. The smallest absolute Gasteiger partial charge is 0.373 e. The highest BCUT2D eigenvalue weighted by atomic mass is 15.6. The van der Waals surface area contributed by atoms with Crippen molar-refractivity contribution < 1.29 is 5.10 Å². The molecule has 9 N–H and O–H groups in total. The molecule has 9 heteroatoms. The minimum absolute atomic E-state index is 0.0139. The van der Waals surface area contributed by atoms with Crippen LogP contribution >= 0.6 is 0 Å². The average molecular weight is 147 g/mol. The Morgan fingerprint density at radius 1 is 1.40 bits per heavy atom. The number of guanidine groups is 1. The summed E-state index contributed by atoms with van der Waals surface area (Å²) < 4.78 is 0. The van der Waals surface area contributed by atoms with Gasteiger partial charge in [-0.25, -0.2) is 0 Å². The molecule has 9 nitrogen and oxygen atoms in total. The number of hydrazine groups is 3. The number of rotatable bonds is 0. The van der Waals surface area contributed by atoms with E-state index in [1.807, 2.05) is 5.10 Å². The maximum Gasteiger partial charge on any atom is 0.399 e. The summed E-state index contributed by atoms with van der Waals surface area (Å²) in [6.45, 7) is 0. The van der Waals surface area contributed by atoms with Crippen LogP contribution in [0.3, 0.4) is 0 Å². The molecule has 0 radical (unpaired) electrons. The lowest BCUT2D eigenvalue weighted by Gasteiger charge is -1.97. The van der Waals surface area contributed by atoms with Gasteiger partial charge in [0.25, 0.3) is 0 Å². The Morgan fingerprint density at radius 2 is 1.70 bits per heavy atom. The molecule has 0 unspecified atom stereocenters. The third-order valence-electron chi connectivity index (χ3n) is 0.426. The third kappa shape index (κ3) is 9.57. The van der Waals surface area contributed by atoms with E-state index in [0.717, 1.165) is 0 Å². The van der Waals surface area contributed by atoms with Crippen LogP contribution in [0.25, 0.3) is 16.0 Å². The first-order chi connectivity index (χ1) is 4.59. The number of hydrazone groups is 1. The zero-order chi connectivity index (χ0) is 8.57. The molecule has 0 atom stereocenters. The molecule has 0 spiro atoms. The fourth-order valence-corrected chi connectivity index (χ4v) is 0.0745. The second kappa shape index (κ2) is 7.30. The molecule has 10 heavy (non-hydrogen) atoms. The summed E-state index contributed by atoms with van der Waals surface area (Å²) >= 11 is 0. The van der Waals surface area contributed by atoms with Crippen LogP contribution in [0.5, 0.6) is 0 Å². The Morgan fingerprint density at radius 3 is 1.70 bits per heavy atom. The summed E-state index contributed by atoms with van der Waals surface area (Å²) in [5, 5.41) is 2.72. The average Bonchev–Trinajstić information content (AvgIpc) is 1.88. The van der Waals surface area contributed by atoms with E-state index in [0.29, 0.717) is 5.12 Å². The Hall–Kier alpha value is -1.70. The van der Waals surface area contributed by atoms with Gasteiger partial charge < -0.3 is 11.1 Å². The van der Waals surface area contributed by atoms with Crippen molar-refractivity contribution >= 4 is 5.96 Å². The van der Waals surface area contributed by atoms with Gasteiger partial charge in [0.2, 0.25) is 0 Å². The van der Waals surface area contributed by atoms with E-state index in [9.17, 15) is 0 Å². The standard InChI is InChI=1S/CH8N6.N3/c2-1(6-3)7(4)5;1-3-2/h3-5H2,(H2,2,6);/q;-1/p+1. The van der Waals surface area contributed by atoms with Crippen LogP contribution in [0.2, 0.25) is 0 Å². The molecule has 0 heterocycles. The summed E-state index contributed by atoms with van der Waals surface area (Å²) in [6, 6.07) is 0. The van der Waals surface area contributed by atoms with Gasteiger partial charge in [-0.05, 0) is 0 Å². The topological polar surface area (TPSA) is 180 Å². The van der Waals surface area contributed by atoms with Crippen molar-refractivity contribution in [2.45, 2.75) is 0 Å². The van der Waals surface area contributed by atoms with Crippen molar-refractivity contribution in [1.82, 2.24) is 5.12 Å². The van der Waals surface area contributed by atoms with E-state index in [4.69, 9.17) is 34.3 Å². The van der Waals surface area contributed by atoms with E-state index < -0.39 is 0 Å². The van der Waals surface area contributed by atoms with Crippen LogP contribution in [-0.4, -0.2) is 11.1 Å². The van der Waals surface area contributed by atoms with E-state index in [1.165, 1.54) is 4.91 Å². The Kier molecular flexibility index (Phi) is 8.14. The first-order valence-corrected chi connectivity index (χ1v) is 1.97. The summed E-state index contributed by atoms with van der Waals surface area (Å²) in [5.74, 6) is 14.5. The largest absolute Gasteiger partial charge is 0.399 e. The molecule has 0 aliphatic carbocycles. The van der Waals surface area contributed by atoms with Crippen molar-refractivity contribution in [2.75, 3.05) is 0 Å². The lowest BCUT2D eigenvalue weighted by molar-refractivity contribution is -0.476. The zero-order valence-electron chi connectivity index (χ0n) is 5.10. The predicted octanol–water partition coefficient (Wildman–Crippen LogP) is -3.83. The molecule has 0 saturated carbocycles. The highest BCUT2D eigenvalue weighted by molar-refractivity contribution is 5.70. The van der Waals surface area contributed by atoms with Gasteiger partial charge in [0.15, 0.2) is 0 Å². The van der Waals surface area contributed by atoms with Crippen molar-refractivity contribution in [1.29, 1.82) is 0 Å². The maximum absolute atomic E-state index is 6.75. The molecule has 0 saturated heterocycles. The molecule has 0 aliphatic rings. The monoisotopic (exact) mass is 147 g/mol. The molecular weight excluding hydrogens is 138 g/mol. The molecule has 0 aromatic heterocycles. The molecule has 0 aliphatic heterocycles. The van der Waals surface area contributed by atoms with E-state index >= 15 is 0 Å². The number of hydrogen-bond donors (Lipinski definition) is 5. The zero-order valence-corrected chi connectivity index (χ0v) is 5.10. The highest BCUT2D eigenvalue weighted by Crippen LogP contribution is 1.41. The molecule has 0 rings (SSSR count). The van der Waals surface area contributed by atoms with Crippen molar-refractivity contribution in [3.8, 4) is 0 Å². The molecule has 0 aromatic rings. The van der Waals surface area contributed by atoms with Gasteiger partial charge >= 0.3 is 5.96 Å². The predicted molar refractivity (Wildman–Crippen MR) is 34.6 cm³/mol. The van der Waals surface area contributed by atoms with Crippen LogP contribution in [-0.2, 0) is 0 Å². The van der Waals surface area contributed by atoms with Crippen LogP contribution in [0, 0.1) is 0 Å². The van der Waals surface area contributed by atoms with Gasteiger partial charge in [-0.15, -0.1) is 5.12 Å². The van der Waals surface area contributed by atoms with Gasteiger partial charge in [-0.2, -0.15) is 16.8 Å². The molecule has 0 amide bonds. The molecule has 0 bridgehead atoms. The summed E-state index contributed by atoms with van der Waals surface area (Å²) in [4.78, 5) is 1.50. The Bertz CT molecular complexity index is 126. The van der Waals surface area contributed by atoms with Gasteiger partial charge in [-0.1, -0.05) is 0 Å². The third-order valence-corrected chi connectivity index (χ3v) is 0.426.